The van der Waals surface area contributed by atoms with Crippen molar-refractivity contribution < 1.29 is 58.9 Å². The van der Waals surface area contributed by atoms with Crippen LogP contribution in [0, 0.1) is 30.1 Å². The largest absolute Gasteiger partial charge is 4.00 e. The van der Waals surface area contributed by atoms with E-state index in [-0.39, 0.29) is 58.9 Å². The Bertz CT molecular complexity index is 816. The van der Waals surface area contributed by atoms with Crippen molar-refractivity contribution in [2.45, 2.75) is 31.4 Å². The van der Waals surface area contributed by atoms with Crippen LogP contribution in [0.5, 0.6) is 0 Å². The van der Waals surface area contributed by atoms with Gasteiger partial charge in [0.25, 0.3) is 0 Å². The summed E-state index contributed by atoms with van der Waals surface area (Å²) in [5, 5.41) is 3.20. The second-order valence-electron chi connectivity index (χ2n) is 8.79. The Morgan fingerprint density at radius 2 is 1.29 bits per heavy atom. The third kappa shape index (κ3) is 4.98. The minimum Gasteiger partial charge on any atom is -1.00 e. The second kappa shape index (κ2) is 12.3. The van der Waals surface area contributed by atoms with E-state index in [0.29, 0.717) is 5.92 Å². The minimum absolute atomic E-state index is 0. The van der Waals surface area contributed by atoms with Crippen LogP contribution in [0.1, 0.15) is 19.3 Å². The molecule has 162 valence electrons. The fourth-order valence-corrected chi connectivity index (χ4v) is 11.6. The third-order valence-corrected chi connectivity index (χ3v) is 12.8. The molecule has 0 heterocycles. The van der Waals surface area contributed by atoms with Gasteiger partial charge in [-0.3, -0.25) is 0 Å². The molecular weight excluding hydrogens is 495 g/mol. The molecule has 5 rings (SSSR count). The van der Waals surface area contributed by atoms with E-state index in [9.17, 15) is 0 Å². The molecule has 2 saturated carbocycles. The molecule has 0 radical (unpaired) electrons. The fourth-order valence-electron chi connectivity index (χ4n) is 6.47. The molecule has 2 fully saturated rings. The fraction of sp³-hybridized carbons (Fsp3) is 0.346. The van der Waals surface area contributed by atoms with Crippen molar-refractivity contribution in [2.24, 2.45) is 23.7 Å². The van der Waals surface area contributed by atoms with Crippen LogP contribution in [-0.4, -0.2) is 8.07 Å². The first kappa shape index (κ1) is 28.8. The first-order chi connectivity index (χ1) is 13.3. The van der Waals surface area contributed by atoms with Gasteiger partial charge in [0.1, 0.15) is 8.07 Å². The maximum absolute atomic E-state index is 2.72. The maximum Gasteiger partial charge on any atom is 4.00 e. The van der Waals surface area contributed by atoms with Crippen molar-refractivity contribution in [2.75, 3.05) is 0 Å². The molecule has 0 saturated heterocycles. The maximum atomic E-state index is 2.72. The SMILES string of the molecule is C[Si](c1ccccc1)(c1ccccc1)C1C2C=CC=CC2C2CCC[CH-]C21.[Cl-].[Cl-].[Cl-].[Ti+4]. The van der Waals surface area contributed by atoms with Crippen molar-refractivity contribution in [3.05, 3.63) is 91.4 Å². The van der Waals surface area contributed by atoms with E-state index < -0.39 is 8.07 Å². The normalized spacial score (nSPS) is 28.0. The van der Waals surface area contributed by atoms with Crippen LogP contribution in [0.4, 0.5) is 0 Å². The number of benzene rings is 2. The van der Waals surface area contributed by atoms with E-state index in [4.69, 9.17) is 0 Å². The predicted octanol–water partition coefficient (Wildman–Crippen LogP) is -3.75. The molecule has 0 N–H and O–H groups in total. The molecule has 3 aliphatic carbocycles. The van der Waals surface area contributed by atoms with Gasteiger partial charge in [-0.15, -0.1) is 0 Å². The summed E-state index contributed by atoms with van der Waals surface area (Å²) in [6.45, 7) is 2.65. The summed E-state index contributed by atoms with van der Waals surface area (Å²) in [6, 6.07) is 22.9. The molecule has 0 nitrogen and oxygen atoms in total. The van der Waals surface area contributed by atoms with E-state index in [2.05, 4.69) is 97.9 Å². The molecule has 0 amide bonds. The van der Waals surface area contributed by atoms with E-state index in [1.54, 1.807) is 10.4 Å². The number of allylic oxidation sites excluding steroid dienone is 4. The topological polar surface area (TPSA) is 0 Å². The Balaban J connectivity index is 0.00000120. The summed E-state index contributed by atoms with van der Waals surface area (Å²) in [4.78, 5) is 0. The first-order valence-corrected chi connectivity index (χ1v) is 13.2. The summed E-state index contributed by atoms with van der Waals surface area (Å²) in [5.74, 6) is 3.03. The molecule has 5 atom stereocenters. The van der Waals surface area contributed by atoms with Gasteiger partial charge in [0.05, 0.1) is 0 Å². The first-order valence-electron chi connectivity index (χ1n) is 10.6. The van der Waals surface area contributed by atoms with Crippen molar-refractivity contribution in [3.8, 4) is 0 Å². The standard InChI is InChI=1S/C26H29Si.3ClH.Ti/c1-27(20-12-4-2-5-13-20,21-14-6-3-7-15-21)26-24-18-10-8-16-22(24)23-17-9-11-19-25(23)26;;;;/h2-8,10,12-16,18-19,22-26H,9,11,17H2,1H3;3*1H;/q-1;;;;+4/p-3. The molecule has 3 aliphatic rings. The third-order valence-electron chi connectivity index (χ3n) is 7.63. The Kier molecular flexibility index (Phi) is 11.4. The summed E-state index contributed by atoms with van der Waals surface area (Å²) >= 11 is 0. The minimum atomic E-state index is -1.90. The van der Waals surface area contributed by atoms with Gasteiger partial charge in [0.15, 0.2) is 0 Å². The Hall–Kier alpha value is -0.279. The van der Waals surface area contributed by atoms with Crippen LogP contribution in [0.3, 0.4) is 0 Å². The van der Waals surface area contributed by atoms with Crippen molar-refractivity contribution >= 4 is 18.4 Å². The van der Waals surface area contributed by atoms with Gasteiger partial charge in [0, 0.05) is 0 Å². The Labute approximate surface area is 222 Å². The molecule has 31 heavy (non-hydrogen) atoms. The molecular formula is C26H29Cl3SiTi. The smallest absolute Gasteiger partial charge is 1.00 e. The monoisotopic (exact) mass is 522 g/mol. The van der Waals surface area contributed by atoms with E-state index in [1.165, 1.54) is 19.3 Å². The van der Waals surface area contributed by atoms with Crippen LogP contribution in [0.2, 0.25) is 12.1 Å². The average molecular weight is 524 g/mol. The molecule has 0 aromatic heterocycles. The second-order valence-corrected chi connectivity index (χ2v) is 13.0. The van der Waals surface area contributed by atoms with Crippen LogP contribution in [0.15, 0.2) is 85.0 Å². The molecule has 2 aromatic rings. The summed E-state index contributed by atoms with van der Waals surface area (Å²) < 4.78 is 0. The quantitative estimate of drug-likeness (QED) is 0.287. The van der Waals surface area contributed by atoms with Crippen molar-refractivity contribution in [3.63, 3.8) is 0 Å². The van der Waals surface area contributed by atoms with E-state index in [0.717, 1.165) is 23.3 Å². The zero-order chi connectivity index (χ0) is 18.3. The van der Waals surface area contributed by atoms with Gasteiger partial charge in [-0.2, -0.15) is 12.3 Å². The Morgan fingerprint density at radius 3 is 1.84 bits per heavy atom. The Morgan fingerprint density at radius 1 is 0.774 bits per heavy atom. The molecule has 0 spiro atoms. The van der Waals surface area contributed by atoms with Crippen LogP contribution in [-0.2, 0) is 21.7 Å². The van der Waals surface area contributed by atoms with Gasteiger partial charge in [0.2, 0.25) is 0 Å². The number of hydrogen-bond donors (Lipinski definition) is 0. The molecule has 0 bridgehead atoms. The number of hydrogen-bond acceptors (Lipinski definition) is 0. The average Bonchev–Trinajstić information content (AvgIpc) is 3.09. The van der Waals surface area contributed by atoms with Crippen LogP contribution < -0.4 is 47.6 Å². The van der Waals surface area contributed by atoms with Crippen molar-refractivity contribution in [1.82, 2.24) is 0 Å². The van der Waals surface area contributed by atoms with E-state index >= 15 is 0 Å². The predicted molar refractivity (Wildman–Crippen MR) is 118 cm³/mol. The summed E-state index contributed by atoms with van der Waals surface area (Å²) in [7, 11) is -1.90. The number of halogens is 3. The van der Waals surface area contributed by atoms with Gasteiger partial charge in [-0.05, 0) is 11.8 Å². The molecule has 0 aliphatic heterocycles. The zero-order valence-corrected chi connectivity index (χ0v) is 22.6. The molecule has 2 aromatic carbocycles. The van der Waals surface area contributed by atoms with Gasteiger partial charge in [-0.25, -0.2) is 0 Å². The zero-order valence-electron chi connectivity index (χ0n) is 17.8. The van der Waals surface area contributed by atoms with Crippen LogP contribution >= 0.6 is 0 Å². The van der Waals surface area contributed by atoms with Gasteiger partial charge in [-0.1, -0.05) is 126 Å². The molecule has 5 unspecified atom stereocenters. The van der Waals surface area contributed by atoms with Gasteiger partial charge >= 0.3 is 21.7 Å². The summed E-state index contributed by atoms with van der Waals surface area (Å²) in [6.07, 6.45) is 16.5. The van der Waals surface area contributed by atoms with E-state index in [1.807, 2.05) is 0 Å². The van der Waals surface area contributed by atoms with Gasteiger partial charge < -0.3 is 43.6 Å². The van der Waals surface area contributed by atoms with Crippen LogP contribution in [0.25, 0.3) is 0 Å². The summed E-state index contributed by atoms with van der Waals surface area (Å²) in [5.41, 5.74) is 0.749. The molecule has 5 heteroatoms. The number of rotatable bonds is 3. The van der Waals surface area contributed by atoms with Crippen molar-refractivity contribution in [1.29, 1.82) is 0 Å². The number of fused-ring (bicyclic) bond motifs is 3.